The summed E-state index contributed by atoms with van der Waals surface area (Å²) in [5, 5.41) is 0. The molecule has 2 aromatic carbocycles. The average molecular weight is 335 g/mol. The van der Waals surface area contributed by atoms with E-state index in [9.17, 15) is 9.18 Å². The third-order valence-electron chi connectivity index (χ3n) is 3.38. The lowest BCUT2D eigenvalue weighted by Crippen LogP contribution is -2.04. The minimum atomic E-state index is -0.317. The number of carbonyl (C=O) groups is 1. The topological polar surface area (TPSA) is 26.3 Å². The van der Waals surface area contributed by atoms with Crippen molar-refractivity contribution in [3.8, 4) is 5.75 Å². The monoisotopic (exact) mass is 334 g/mol. The highest BCUT2D eigenvalue weighted by Gasteiger charge is 2.16. The quantitative estimate of drug-likeness (QED) is 0.794. The van der Waals surface area contributed by atoms with Gasteiger partial charge in [0, 0.05) is 22.9 Å². The zero-order valence-corrected chi connectivity index (χ0v) is 12.2. The zero-order valence-electron chi connectivity index (χ0n) is 10.7. The SMILES string of the molecule is O=C(Cc1ccc(F)cc1Br)c1ccc2c(c1)CCO2. The second-order valence-corrected chi connectivity index (χ2v) is 5.61. The van der Waals surface area contributed by atoms with Crippen LogP contribution in [0.3, 0.4) is 0 Å². The van der Waals surface area contributed by atoms with Crippen LogP contribution in [0, 0.1) is 5.82 Å². The standard InChI is InChI=1S/C16H12BrFO2/c17-14-9-13(18)3-1-10(14)8-15(19)11-2-4-16-12(7-11)5-6-20-16/h1-4,7,9H,5-6,8H2. The van der Waals surface area contributed by atoms with E-state index in [1.54, 1.807) is 12.1 Å². The molecule has 2 aromatic rings. The van der Waals surface area contributed by atoms with Gasteiger partial charge in [0.25, 0.3) is 0 Å². The predicted molar refractivity (Wildman–Crippen MR) is 77.8 cm³/mol. The molecule has 0 bridgehead atoms. The molecule has 1 heterocycles. The van der Waals surface area contributed by atoms with Gasteiger partial charge in [-0.3, -0.25) is 4.79 Å². The molecule has 0 radical (unpaired) electrons. The van der Waals surface area contributed by atoms with Crippen molar-refractivity contribution < 1.29 is 13.9 Å². The van der Waals surface area contributed by atoms with Crippen LogP contribution in [-0.2, 0) is 12.8 Å². The first-order chi connectivity index (χ1) is 9.63. The van der Waals surface area contributed by atoms with Gasteiger partial charge >= 0.3 is 0 Å². The summed E-state index contributed by atoms with van der Waals surface area (Å²) in [6.45, 7) is 0.677. The van der Waals surface area contributed by atoms with E-state index in [-0.39, 0.29) is 18.0 Å². The third kappa shape index (κ3) is 2.61. The number of benzene rings is 2. The lowest BCUT2D eigenvalue weighted by atomic mass is 10.0. The van der Waals surface area contributed by atoms with Crippen molar-refractivity contribution in [1.29, 1.82) is 0 Å². The Morgan fingerprint density at radius 3 is 2.90 bits per heavy atom. The maximum atomic E-state index is 13.0. The molecule has 0 amide bonds. The predicted octanol–water partition coefficient (Wildman–Crippen LogP) is 3.95. The third-order valence-corrected chi connectivity index (χ3v) is 4.12. The van der Waals surface area contributed by atoms with E-state index in [4.69, 9.17) is 4.74 Å². The number of fused-ring (bicyclic) bond motifs is 1. The van der Waals surface area contributed by atoms with Crippen LogP contribution in [0.2, 0.25) is 0 Å². The van der Waals surface area contributed by atoms with Gasteiger partial charge in [-0.05, 0) is 41.5 Å². The van der Waals surface area contributed by atoms with E-state index in [0.29, 0.717) is 16.6 Å². The van der Waals surface area contributed by atoms with Crippen LogP contribution in [0.4, 0.5) is 4.39 Å². The lowest BCUT2D eigenvalue weighted by molar-refractivity contribution is 0.0992. The van der Waals surface area contributed by atoms with Crippen molar-refractivity contribution >= 4 is 21.7 Å². The van der Waals surface area contributed by atoms with Gasteiger partial charge in [-0.1, -0.05) is 22.0 Å². The summed E-state index contributed by atoms with van der Waals surface area (Å²) < 4.78 is 19.1. The van der Waals surface area contributed by atoms with Gasteiger partial charge in [-0.15, -0.1) is 0 Å². The Labute approximate surface area is 124 Å². The molecule has 3 rings (SSSR count). The Hall–Kier alpha value is -1.68. The van der Waals surface area contributed by atoms with Gasteiger partial charge in [0.15, 0.2) is 5.78 Å². The molecule has 0 fully saturated rings. The van der Waals surface area contributed by atoms with Crippen LogP contribution >= 0.6 is 15.9 Å². The summed E-state index contributed by atoms with van der Waals surface area (Å²) >= 11 is 3.29. The summed E-state index contributed by atoms with van der Waals surface area (Å²) in [7, 11) is 0. The molecule has 0 spiro atoms. The van der Waals surface area contributed by atoms with E-state index in [1.807, 2.05) is 12.1 Å². The maximum absolute atomic E-state index is 13.0. The Kier molecular flexibility index (Phi) is 3.57. The van der Waals surface area contributed by atoms with Crippen LogP contribution in [0.15, 0.2) is 40.9 Å². The number of hydrogen-bond donors (Lipinski definition) is 0. The van der Waals surface area contributed by atoms with Crippen molar-refractivity contribution in [2.24, 2.45) is 0 Å². The highest BCUT2D eigenvalue weighted by molar-refractivity contribution is 9.10. The van der Waals surface area contributed by atoms with Gasteiger partial charge in [0.05, 0.1) is 6.61 Å². The number of Topliss-reactive ketones (excluding diaryl/α,β-unsaturated/α-hetero) is 1. The fourth-order valence-corrected chi connectivity index (χ4v) is 2.79. The lowest BCUT2D eigenvalue weighted by Gasteiger charge is -2.06. The zero-order chi connectivity index (χ0) is 14.1. The van der Waals surface area contributed by atoms with Crippen molar-refractivity contribution in [2.75, 3.05) is 6.61 Å². The van der Waals surface area contributed by atoms with E-state index in [2.05, 4.69) is 15.9 Å². The largest absolute Gasteiger partial charge is 0.493 e. The molecule has 0 saturated carbocycles. The van der Waals surface area contributed by atoms with E-state index in [0.717, 1.165) is 23.3 Å². The summed E-state index contributed by atoms with van der Waals surface area (Å²) in [5.41, 5.74) is 2.53. The Morgan fingerprint density at radius 2 is 2.10 bits per heavy atom. The van der Waals surface area contributed by atoms with Crippen molar-refractivity contribution in [3.63, 3.8) is 0 Å². The van der Waals surface area contributed by atoms with Gasteiger partial charge in [-0.25, -0.2) is 4.39 Å². The summed E-state index contributed by atoms with van der Waals surface area (Å²) in [6.07, 6.45) is 1.09. The van der Waals surface area contributed by atoms with E-state index < -0.39 is 0 Å². The molecule has 0 aliphatic carbocycles. The van der Waals surface area contributed by atoms with Crippen LogP contribution in [0.25, 0.3) is 0 Å². The molecule has 2 nitrogen and oxygen atoms in total. The fraction of sp³-hybridized carbons (Fsp3) is 0.188. The number of rotatable bonds is 3. The molecule has 0 atom stereocenters. The van der Waals surface area contributed by atoms with Crippen LogP contribution < -0.4 is 4.74 Å². The molecule has 1 aliphatic rings. The minimum absolute atomic E-state index is 0.0204. The van der Waals surface area contributed by atoms with Gasteiger partial charge in [0.1, 0.15) is 11.6 Å². The first-order valence-electron chi connectivity index (χ1n) is 6.36. The molecule has 1 aliphatic heterocycles. The smallest absolute Gasteiger partial charge is 0.167 e. The molecular weight excluding hydrogens is 323 g/mol. The van der Waals surface area contributed by atoms with Crippen LogP contribution in [0.5, 0.6) is 5.75 Å². The molecule has 0 unspecified atom stereocenters. The summed E-state index contributed by atoms with van der Waals surface area (Å²) in [6, 6.07) is 9.89. The normalized spacial score (nSPS) is 12.9. The van der Waals surface area contributed by atoms with Crippen LogP contribution in [0.1, 0.15) is 21.5 Å². The maximum Gasteiger partial charge on any atom is 0.167 e. The Morgan fingerprint density at radius 1 is 1.25 bits per heavy atom. The molecule has 4 heteroatoms. The first kappa shape index (κ1) is 13.3. The fourth-order valence-electron chi connectivity index (χ4n) is 2.30. The molecule has 0 N–H and O–H groups in total. The molecular formula is C16H12BrFO2. The second-order valence-electron chi connectivity index (χ2n) is 4.76. The number of carbonyl (C=O) groups excluding carboxylic acids is 1. The first-order valence-corrected chi connectivity index (χ1v) is 7.15. The number of halogens is 2. The van der Waals surface area contributed by atoms with E-state index >= 15 is 0 Å². The molecule has 0 aromatic heterocycles. The molecule has 20 heavy (non-hydrogen) atoms. The number of hydrogen-bond acceptors (Lipinski definition) is 2. The molecule has 102 valence electrons. The van der Waals surface area contributed by atoms with Crippen molar-refractivity contribution in [3.05, 3.63) is 63.4 Å². The highest BCUT2D eigenvalue weighted by Crippen LogP contribution is 2.27. The van der Waals surface area contributed by atoms with Gasteiger partial charge < -0.3 is 4.74 Å². The van der Waals surface area contributed by atoms with E-state index in [1.165, 1.54) is 12.1 Å². The Bertz CT molecular complexity index is 682. The average Bonchev–Trinajstić information content (AvgIpc) is 2.89. The second kappa shape index (κ2) is 5.37. The van der Waals surface area contributed by atoms with Crippen LogP contribution in [-0.4, -0.2) is 12.4 Å². The van der Waals surface area contributed by atoms with Gasteiger partial charge in [0.2, 0.25) is 0 Å². The minimum Gasteiger partial charge on any atom is -0.493 e. The van der Waals surface area contributed by atoms with Crippen molar-refractivity contribution in [2.45, 2.75) is 12.8 Å². The van der Waals surface area contributed by atoms with Gasteiger partial charge in [-0.2, -0.15) is 0 Å². The Balaban J connectivity index is 1.82. The number of ether oxygens (including phenoxy) is 1. The summed E-state index contributed by atoms with van der Waals surface area (Å²) in [5.74, 6) is 0.569. The van der Waals surface area contributed by atoms with Crippen molar-refractivity contribution in [1.82, 2.24) is 0 Å². The number of ketones is 1. The summed E-state index contributed by atoms with van der Waals surface area (Å²) in [4.78, 5) is 12.3. The molecule has 0 saturated heterocycles. The highest BCUT2D eigenvalue weighted by atomic mass is 79.9.